The van der Waals surface area contributed by atoms with Crippen LogP contribution in [0.2, 0.25) is 10.0 Å². The molecule has 4 aromatic rings. The number of benzene rings is 2. The number of hydrogen-bond donors (Lipinski definition) is 3. The molecule has 0 aliphatic heterocycles. The van der Waals surface area contributed by atoms with Crippen molar-refractivity contribution in [3.05, 3.63) is 91.8 Å². The molecular formula is C24H20Cl2N6O3. The molecule has 0 bridgehead atoms. The van der Waals surface area contributed by atoms with E-state index < -0.39 is 11.5 Å². The monoisotopic (exact) mass is 510 g/mol. The molecule has 0 spiro atoms. The highest BCUT2D eigenvalue weighted by Crippen LogP contribution is 2.24. The normalized spacial score (nSPS) is 10.7. The van der Waals surface area contributed by atoms with E-state index in [0.29, 0.717) is 22.0 Å². The molecule has 3 N–H and O–H groups in total. The van der Waals surface area contributed by atoms with Crippen molar-refractivity contribution in [3.63, 3.8) is 0 Å². The smallest absolute Gasteiger partial charge is 0.262 e. The maximum atomic E-state index is 12.9. The quantitative estimate of drug-likeness (QED) is 0.362. The second kappa shape index (κ2) is 10.1. The Morgan fingerprint density at radius 3 is 2.60 bits per heavy atom. The molecule has 0 aliphatic carbocycles. The number of halogens is 2. The number of rotatable bonds is 6. The second-order valence-corrected chi connectivity index (χ2v) is 8.69. The summed E-state index contributed by atoms with van der Waals surface area (Å²) in [6, 6.07) is 13.0. The number of H-pyrrole nitrogens is 1. The van der Waals surface area contributed by atoms with Gasteiger partial charge in [-0.1, -0.05) is 35.3 Å². The number of aromatic amines is 1. The molecule has 0 fully saturated rings. The molecule has 9 nitrogen and oxygen atoms in total. The fraction of sp³-hybridized carbons (Fsp3) is 0.125. The van der Waals surface area contributed by atoms with Gasteiger partial charge in [-0.3, -0.25) is 14.4 Å². The van der Waals surface area contributed by atoms with Crippen molar-refractivity contribution in [1.29, 1.82) is 0 Å². The summed E-state index contributed by atoms with van der Waals surface area (Å²) < 4.78 is 0. The summed E-state index contributed by atoms with van der Waals surface area (Å²) in [6.45, 7) is 0.272. The van der Waals surface area contributed by atoms with Gasteiger partial charge in [-0.05, 0) is 42.0 Å². The number of carbonyl (C=O) groups is 2. The van der Waals surface area contributed by atoms with Gasteiger partial charge in [0.05, 0.1) is 10.7 Å². The van der Waals surface area contributed by atoms with Gasteiger partial charge in [0.1, 0.15) is 11.2 Å². The highest BCUT2D eigenvalue weighted by Gasteiger charge is 2.16. The first-order valence-corrected chi connectivity index (χ1v) is 11.2. The molecule has 2 amide bonds. The van der Waals surface area contributed by atoms with E-state index in [1.54, 1.807) is 37.2 Å². The van der Waals surface area contributed by atoms with Crippen molar-refractivity contribution in [1.82, 2.24) is 20.3 Å². The first kappa shape index (κ1) is 24.2. The molecule has 0 saturated carbocycles. The lowest BCUT2D eigenvalue weighted by atomic mass is 10.1. The first-order valence-electron chi connectivity index (χ1n) is 10.4. The van der Waals surface area contributed by atoms with Crippen LogP contribution in [0.1, 0.15) is 26.3 Å². The van der Waals surface area contributed by atoms with E-state index in [2.05, 4.69) is 25.6 Å². The molecule has 0 radical (unpaired) electrons. The number of pyridine rings is 1. The maximum Gasteiger partial charge on any atom is 0.262 e. The fourth-order valence-corrected chi connectivity index (χ4v) is 3.63. The lowest BCUT2D eigenvalue weighted by molar-refractivity contribution is 0.0949. The van der Waals surface area contributed by atoms with Crippen molar-refractivity contribution in [2.45, 2.75) is 6.54 Å². The Balaban J connectivity index is 1.53. The molecular weight excluding hydrogens is 491 g/mol. The Labute approximate surface area is 210 Å². The largest absolute Gasteiger partial charge is 0.348 e. The van der Waals surface area contributed by atoms with Crippen molar-refractivity contribution >= 4 is 57.7 Å². The van der Waals surface area contributed by atoms with Gasteiger partial charge in [-0.25, -0.2) is 4.98 Å². The Kier molecular flexibility index (Phi) is 6.99. The Morgan fingerprint density at radius 2 is 1.86 bits per heavy atom. The SMILES string of the molecule is CN(C)c1ncc2cc(C(=O)Nc3cc(C(=O)NCc4cccc(Cl)c4)ccc3Cl)c(=O)[nH]c2n1. The predicted molar refractivity (Wildman–Crippen MR) is 137 cm³/mol. The topological polar surface area (TPSA) is 120 Å². The third-order valence-corrected chi connectivity index (χ3v) is 5.61. The lowest BCUT2D eigenvalue weighted by Gasteiger charge is -2.11. The molecule has 0 saturated heterocycles. The molecule has 0 atom stereocenters. The second-order valence-electron chi connectivity index (χ2n) is 7.84. The minimum atomic E-state index is -0.691. The van der Waals surface area contributed by atoms with Crippen LogP contribution in [0.15, 0.2) is 59.5 Å². The molecule has 2 aromatic heterocycles. The van der Waals surface area contributed by atoms with Crippen molar-refractivity contribution in [3.8, 4) is 0 Å². The van der Waals surface area contributed by atoms with E-state index in [4.69, 9.17) is 23.2 Å². The summed E-state index contributed by atoms with van der Waals surface area (Å²) in [5.41, 5.74) is 0.845. The molecule has 11 heteroatoms. The molecule has 2 aromatic carbocycles. The van der Waals surface area contributed by atoms with Crippen LogP contribution in [0, 0.1) is 0 Å². The van der Waals surface area contributed by atoms with Gasteiger partial charge in [-0.2, -0.15) is 4.98 Å². The molecule has 2 heterocycles. The van der Waals surface area contributed by atoms with E-state index in [9.17, 15) is 14.4 Å². The van der Waals surface area contributed by atoms with Crippen LogP contribution in [0.5, 0.6) is 0 Å². The maximum absolute atomic E-state index is 12.9. The van der Waals surface area contributed by atoms with Crippen LogP contribution in [-0.4, -0.2) is 40.9 Å². The van der Waals surface area contributed by atoms with Crippen LogP contribution in [0.4, 0.5) is 11.6 Å². The predicted octanol–water partition coefficient (Wildman–Crippen LogP) is 3.87. The number of carbonyl (C=O) groups excluding carboxylic acids is 2. The minimum absolute atomic E-state index is 0.148. The van der Waals surface area contributed by atoms with Crippen molar-refractivity contribution in [2.75, 3.05) is 24.3 Å². The number of hydrogen-bond acceptors (Lipinski definition) is 6. The lowest BCUT2D eigenvalue weighted by Crippen LogP contribution is -2.25. The Hall–Kier alpha value is -3.95. The zero-order valence-electron chi connectivity index (χ0n) is 18.7. The number of nitrogens with zero attached hydrogens (tertiary/aromatic N) is 3. The summed E-state index contributed by atoms with van der Waals surface area (Å²) in [5.74, 6) is -0.639. The summed E-state index contributed by atoms with van der Waals surface area (Å²) in [7, 11) is 3.55. The third kappa shape index (κ3) is 5.59. The summed E-state index contributed by atoms with van der Waals surface area (Å²) in [6.07, 6.45) is 1.52. The zero-order valence-corrected chi connectivity index (χ0v) is 20.2. The third-order valence-electron chi connectivity index (χ3n) is 5.04. The average Bonchev–Trinajstić information content (AvgIpc) is 2.83. The molecule has 0 unspecified atom stereocenters. The minimum Gasteiger partial charge on any atom is -0.348 e. The van der Waals surface area contributed by atoms with Crippen molar-refractivity contribution < 1.29 is 9.59 Å². The van der Waals surface area contributed by atoms with Gasteiger partial charge in [0, 0.05) is 42.8 Å². The average molecular weight is 511 g/mol. The van der Waals surface area contributed by atoms with Crippen molar-refractivity contribution in [2.24, 2.45) is 0 Å². The number of fused-ring (bicyclic) bond motifs is 1. The number of aromatic nitrogens is 3. The Morgan fingerprint density at radius 1 is 1.06 bits per heavy atom. The molecule has 35 heavy (non-hydrogen) atoms. The van der Waals surface area contributed by atoms with Crippen LogP contribution in [-0.2, 0) is 6.54 Å². The standard InChI is InChI=1S/C24H20Cl2N6O3/c1-32(2)24-28-12-15-9-17(23(35)30-20(15)31-24)22(34)29-19-10-14(6-7-18(19)26)21(33)27-11-13-4-3-5-16(25)8-13/h3-10,12H,11H2,1-2H3,(H,27,33)(H,29,34)(H,28,30,31,35). The van der Waals surface area contributed by atoms with Crippen LogP contribution in [0.3, 0.4) is 0 Å². The van der Waals surface area contributed by atoms with Crippen LogP contribution in [0.25, 0.3) is 11.0 Å². The van der Waals surface area contributed by atoms with E-state index in [1.165, 1.54) is 30.5 Å². The molecule has 4 rings (SSSR count). The highest BCUT2D eigenvalue weighted by atomic mass is 35.5. The Bertz CT molecular complexity index is 1500. The van der Waals surface area contributed by atoms with E-state index in [1.807, 2.05) is 6.07 Å². The molecule has 178 valence electrons. The fourth-order valence-electron chi connectivity index (χ4n) is 3.25. The van der Waals surface area contributed by atoms with Gasteiger partial charge in [0.25, 0.3) is 17.4 Å². The van der Waals surface area contributed by atoms with Crippen LogP contribution < -0.4 is 21.1 Å². The number of nitrogens with one attached hydrogen (secondary N) is 3. The van der Waals surface area contributed by atoms with Gasteiger partial charge < -0.3 is 20.5 Å². The highest BCUT2D eigenvalue weighted by molar-refractivity contribution is 6.34. The molecule has 0 aliphatic rings. The van der Waals surface area contributed by atoms with Crippen LogP contribution >= 0.6 is 23.2 Å². The first-order chi connectivity index (χ1) is 16.7. The summed E-state index contributed by atoms with van der Waals surface area (Å²) in [5, 5.41) is 6.66. The number of amides is 2. The number of anilines is 2. The van der Waals surface area contributed by atoms with E-state index in [-0.39, 0.29) is 34.3 Å². The van der Waals surface area contributed by atoms with E-state index in [0.717, 1.165) is 5.56 Å². The van der Waals surface area contributed by atoms with Gasteiger partial charge in [0.2, 0.25) is 5.95 Å². The van der Waals surface area contributed by atoms with Gasteiger partial charge >= 0.3 is 0 Å². The summed E-state index contributed by atoms with van der Waals surface area (Å²) in [4.78, 5) is 50.8. The zero-order chi connectivity index (χ0) is 25.1. The summed E-state index contributed by atoms with van der Waals surface area (Å²) >= 11 is 12.2. The van der Waals surface area contributed by atoms with Gasteiger partial charge in [-0.15, -0.1) is 0 Å². The van der Waals surface area contributed by atoms with E-state index >= 15 is 0 Å². The van der Waals surface area contributed by atoms with Gasteiger partial charge in [0.15, 0.2) is 0 Å².